The predicted octanol–water partition coefficient (Wildman–Crippen LogP) is 5.79. The highest BCUT2D eigenvalue weighted by atomic mass is 35.5. The maximum Gasteiger partial charge on any atom is 0.264 e. The van der Waals surface area contributed by atoms with Gasteiger partial charge in [-0.2, -0.15) is 0 Å². The van der Waals surface area contributed by atoms with Crippen LogP contribution in [0.4, 0.5) is 5.69 Å². The first-order valence-electron chi connectivity index (χ1n) is 13.3. The lowest BCUT2D eigenvalue weighted by Gasteiger charge is -2.33. The number of aryl methyl sites for hydroxylation is 3. The topological polar surface area (TPSA) is 86.8 Å². The molecule has 7 nitrogen and oxygen atoms in total. The van der Waals surface area contributed by atoms with Gasteiger partial charge in [0.2, 0.25) is 11.8 Å². The number of sulfonamides is 1. The molecule has 0 spiro atoms. The Balaban J connectivity index is 2.06. The highest BCUT2D eigenvalue weighted by Crippen LogP contribution is 2.30. The average Bonchev–Trinajstić information content (AvgIpc) is 2.92. The fourth-order valence-electron chi connectivity index (χ4n) is 4.14. The quantitative estimate of drug-likeness (QED) is 0.309. The number of anilines is 1. The van der Waals surface area contributed by atoms with E-state index in [1.165, 1.54) is 17.0 Å². The highest BCUT2D eigenvalue weighted by Gasteiger charge is 2.33. The molecule has 0 aromatic heterocycles. The van der Waals surface area contributed by atoms with Crippen LogP contribution in [0.3, 0.4) is 0 Å². The molecule has 3 aromatic rings. The van der Waals surface area contributed by atoms with Crippen molar-refractivity contribution in [2.45, 2.75) is 71.5 Å². The minimum atomic E-state index is -4.16. The Morgan fingerprint density at radius 3 is 2.05 bits per heavy atom. The summed E-state index contributed by atoms with van der Waals surface area (Å²) in [4.78, 5) is 28.7. The van der Waals surface area contributed by atoms with E-state index in [1.807, 2.05) is 52.0 Å². The van der Waals surface area contributed by atoms with Crippen molar-refractivity contribution in [3.8, 4) is 0 Å². The van der Waals surface area contributed by atoms with E-state index >= 15 is 0 Å². The Labute approximate surface area is 243 Å². The summed E-state index contributed by atoms with van der Waals surface area (Å²) in [5.74, 6) is -0.816. The normalized spacial score (nSPS) is 12.9. The van der Waals surface area contributed by atoms with Crippen LogP contribution in [0.5, 0.6) is 0 Å². The molecule has 0 saturated carbocycles. The molecule has 0 bridgehead atoms. The molecule has 3 rings (SSSR count). The molecule has 3 aromatic carbocycles. The second-order valence-electron chi connectivity index (χ2n) is 10.3. The molecule has 0 aliphatic heterocycles. The summed E-state index contributed by atoms with van der Waals surface area (Å²) in [5, 5.41) is 3.28. The number of benzene rings is 3. The number of nitrogens with one attached hydrogen (secondary N) is 1. The molecule has 0 saturated heterocycles. The summed E-state index contributed by atoms with van der Waals surface area (Å²) < 4.78 is 29.1. The summed E-state index contributed by atoms with van der Waals surface area (Å²) in [7, 11) is -4.16. The molecule has 0 unspecified atom stereocenters. The van der Waals surface area contributed by atoms with Gasteiger partial charge in [0.1, 0.15) is 12.6 Å². The monoisotopic (exact) mass is 583 g/mol. The van der Waals surface area contributed by atoms with Crippen LogP contribution in [0.15, 0.2) is 71.6 Å². The van der Waals surface area contributed by atoms with E-state index in [0.29, 0.717) is 16.3 Å². The zero-order chi connectivity index (χ0) is 29.6. The largest absolute Gasteiger partial charge is 0.352 e. The Morgan fingerprint density at radius 1 is 0.900 bits per heavy atom. The van der Waals surface area contributed by atoms with Crippen LogP contribution in [0.2, 0.25) is 5.02 Å². The smallest absolute Gasteiger partial charge is 0.264 e. The fourth-order valence-corrected chi connectivity index (χ4v) is 5.78. The number of amides is 2. The minimum Gasteiger partial charge on any atom is -0.352 e. The van der Waals surface area contributed by atoms with Crippen molar-refractivity contribution < 1.29 is 18.0 Å². The van der Waals surface area contributed by atoms with Gasteiger partial charge >= 0.3 is 0 Å². The molecule has 0 aliphatic carbocycles. The summed E-state index contributed by atoms with van der Waals surface area (Å²) in [6.45, 7) is 10.8. The fraction of sp³-hybridized carbons (Fsp3) is 0.355. The molecule has 0 heterocycles. The SMILES string of the molecule is CC[C@H](C)NC(=O)[C@H](C)N(Cc1ccc(C)cc1)C(=O)CN(c1cc(Cl)ccc1C)S(=O)(=O)c1ccc(C)cc1. The summed E-state index contributed by atoms with van der Waals surface area (Å²) in [6.07, 6.45) is 0.737. The Morgan fingerprint density at radius 2 is 1.48 bits per heavy atom. The molecular formula is C31H38ClN3O4S. The van der Waals surface area contributed by atoms with E-state index in [1.54, 1.807) is 44.2 Å². The molecule has 214 valence electrons. The number of nitrogens with zero attached hydrogens (tertiary/aromatic N) is 2. The molecule has 2 atom stereocenters. The maximum atomic E-state index is 14.0. The molecule has 0 fully saturated rings. The zero-order valence-electron chi connectivity index (χ0n) is 23.9. The third-order valence-corrected chi connectivity index (χ3v) is 8.98. The number of hydrogen-bond acceptors (Lipinski definition) is 4. The van der Waals surface area contributed by atoms with E-state index in [4.69, 9.17) is 11.6 Å². The van der Waals surface area contributed by atoms with Crippen LogP contribution in [-0.2, 0) is 26.2 Å². The molecule has 40 heavy (non-hydrogen) atoms. The van der Waals surface area contributed by atoms with Gasteiger partial charge in [0, 0.05) is 17.6 Å². The van der Waals surface area contributed by atoms with E-state index in [0.717, 1.165) is 27.4 Å². The van der Waals surface area contributed by atoms with E-state index in [-0.39, 0.29) is 23.4 Å². The standard InChI is InChI=1S/C31H38ClN3O4S/c1-7-24(5)33-31(37)25(6)34(19-26-13-8-21(2)9-14-26)30(36)20-35(29-18-27(32)15-12-23(29)4)40(38,39)28-16-10-22(3)11-17-28/h8-18,24-25H,7,19-20H2,1-6H3,(H,33,37)/t24-,25-/m0/s1. The first-order chi connectivity index (χ1) is 18.8. The van der Waals surface area contributed by atoms with Crippen molar-refractivity contribution in [2.75, 3.05) is 10.8 Å². The molecule has 1 N–H and O–H groups in total. The third-order valence-electron chi connectivity index (χ3n) is 6.97. The van der Waals surface area contributed by atoms with Gasteiger partial charge in [0.25, 0.3) is 10.0 Å². The van der Waals surface area contributed by atoms with Gasteiger partial charge in [-0.05, 0) is 76.4 Å². The Bertz CT molecular complexity index is 1440. The Kier molecular flexibility index (Phi) is 10.4. The van der Waals surface area contributed by atoms with Gasteiger partial charge < -0.3 is 10.2 Å². The number of rotatable bonds is 11. The average molecular weight is 584 g/mol. The lowest BCUT2D eigenvalue weighted by Crippen LogP contribution is -2.52. The highest BCUT2D eigenvalue weighted by molar-refractivity contribution is 7.92. The van der Waals surface area contributed by atoms with E-state index in [2.05, 4.69) is 5.32 Å². The Hall–Kier alpha value is -3.36. The summed E-state index contributed by atoms with van der Waals surface area (Å²) in [6, 6.07) is 18.2. The van der Waals surface area contributed by atoms with Crippen molar-refractivity contribution in [2.24, 2.45) is 0 Å². The molecule has 0 aliphatic rings. The lowest BCUT2D eigenvalue weighted by atomic mass is 10.1. The maximum absolute atomic E-state index is 14.0. The molecular weight excluding hydrogens is 546 g/mol. The van der Waals surface area contributed by atoms with Crippen molar-refractivity contribution in [3.05, 3.63) is 94.0 Å². The van der Waals surface area contributed by atoms with E-state index < -0.39 is 28.5 Å². The summed E-state index contributed by atoms with van der Waals surface area (Å²) >= 11 is 6.28. The van der Waals surface area contributed by atoms with Crippen molar-refractivity contribution >= 4 is 39.1 Å². The minimum absolute atomic E-state index is 0.0536. The number of hydrogen-bond donors (Lipinski definition) is 1. The predicted molar refractivity (Wildman–Crippen MR) is 161 cm³/mol. The van der Waals surface area contributed by atoms with Crippen LogP contribution in [0.25, 0.3) is 0 Å². The van der Waals surface area contributed by atoms with Crippen LogP contribution in [0.1, 0.15) is 49.4 Å². The number of carbonyl (C=O) groups is 2. The summed E-state index contributed by atoms with van der Waals surface area (Å²) in [5.41, 5.74) is 3.74. The van der Waals surface area contributed by atoms with Crippen molar-refractivity contribution in [1.82, 2.24) is 10.2 Å². The molecule has 0 radical (unpaired) electrons. The number of halogens is 1. The first-order valence-corrected chi connectivity index (χ1v) is 15.2. The van der Waals surface area contributed by atoms with Gasteiger partial charge in [0.05, 0.1) is 10.6 Å². The van der Waals surface area contributed by atoms with Crippen molar-refractivity contribution in [1.29, 1.82) is 0 Å². The van der Waals surface area contributed by atoms with Gasteiger partial charge in [0.15, 0.2) is 0 Å². The van der Waals surface area contributed by atoms with Gasteiger partial charge in [-0.25, -0.2) is 8.42 Å². The second kappa shape index (κ2) is 13.3. The lowest BCUT2D eigenvalue weighted by molar-refractivity contribution is -0.139. The van der Waals surface area contributed by atoms with Crippen LogP contribution in [-0.4, -0.2) is 43.8 Å². The van der Waals surface area contributed by atoms with Gasteiger partial charge in [-0.1, -0.05) is 72.1 Å². The van der Waals surface area contributed by atoms with E-state index in [9.17, 15) is 18.0 Å². The second-order valence-corrected chi connectivity index (χ2v) is 12.6. The van der Waals surface area contributed by atoms with Crippen LogP contribution < -0.4 is 9.62 Å². The van der Waals surface area contributed by atoms with Crippen LogP contribution >= 0.6 is 11.6 Å². The third kappa shape index (κ3) is 7.64. The zero-order valence-corrected chi connectivity index (χ0v) is 25.5. The molecule has 2 amide bonds. The molecule has 9 heteroatoms. The van der Waals surface area contributed by atoms with Gasteiger partial charge in [-0.15, -0.1) is 0 Å². The van der Waals surface area contributed by atoms with Gasteiger partial charge in [-0.3, -0.25) is 13.9 Å². The van der Waals surface area contributed by atoms with Crippen LogP contribution in [0, 0.1) is 20.8 Å². The van der Waals surface area contributed by atoms with Crippen molar-refractivity contribution in [3.63, 3.8) is 0 Å². The number of carbonyl (C=O) groups excluding carboxylic acids is 2. The first kappa shape index (κ1) is 31.2.